The van der Waals surface area contributed by atoms with Gasteiger partial charge < -0.3 is 14.5 Å². The van der Waals surface area contributed by atoms with Crippen molar-refractivity contribution in [1.82, 2.24) is 15.2 Å². The lowest BCUT2D eigenvalue weighted by Crippen LogP contribution is -2.44. The Morgan fingerprint density at radius 2 is 2.50 bits per heavy atom. The Labute approximate surface area is 133 Å². The molecular weight excluding hydrogens is 302 g/mol. The first kappa shape index (κ1) is 15.2. The average Bonchev–Trinajstić information content (AvgIpc) is 3.17. The van der Waals surface area contributed by atoms with E-state index in [0.717, 1.165) is 23.0 Å². The van der Waals surface area contributed by atoms with Gasteiger partial charge in [0.25, 0.3) is 0 Å². The van der Waals surface area contributed by atoms with Crippen LogP contribution in [-0.4, -0.2) is 42.0 Å². The molecule has 1 fully saturated rings. The van der Waals surface area contributed by atoms with Gasteiger partial charge in [-0.2, -0.15) is 0 Å². The van der Waals surface area contributed by atoms with E-state index in [0.29, 0.717) is 26.2 Å². The molecule has 0 aromatic carbocycles. The van der Waals surface area contributed by atoms with Crippen molar-refractivity contribution < 1.29 is 13.9 Å². The van der Waals surface area contributed by atoms with Crippen molar-refractivity contribution in [2.75, 3.05) is 26.2 Å². The SMILES string of the molecule is Cc1csc([C@@H]2CN(CC(=O)NCc3ccco3)CCO2)n1. The third-order valence-corrected chi connectivity index (χ3v) is 4.52. The lowest BCUT2D eigenvalue weighted by Gasteiger charge is -2.31. The number of morpholine rings is 1. The molecular formula is C15H19N3O3S. The lowest BCUT2D eigenvalue weighted by atomic mass is 10.2. The topological polar surface area (TPSA) is 67.6 Å². The number of aryl methyl sites for hydroxylation is 1. The molecule has 22 heavy (non-hydrogen) atoms. The number of ether oxygens (including phenoxy) is 1. The second kappa shape index (κ2) is 7.04. The monoisotopic (exact) mass is 321 g/mol. The van der Waals surface area contributed by atoms with Crippen molar-refractivity contribution in [2.45, 2.75) is 19.6 Å². The summed E-state index contributed by atoms with van der Waals surface area (Å²) < 4.78 is 11.0. The van der Waals surface area contributed by atoms with Gasteiger partial charge in [0.05, 0.1) is 26.0 Å². The van der Waals surface area contributed by atoms with Gasteiger partial charge in [-0.15, -0.1) is 11.3 Å². The predicted molar refractivity (Wildman–Crippen MR) is 82.5 cm³/mol. The molecule has 0 spiro atoms. The first-order valence-electron chi connectivity index (χ1n) is 7.26. The fraction of sp³-hybridized carbons (Fsp3) is 0.467. The third-order valence-electron chi connectivity index (χ3n) is 3.47. The summed E-state index contributed by atoms with van der Waals surface area (Å²) in [5.41, 5.74) is 1.01. The molecule has 0 aliphatic carbocycles. The molecule has 0 bridgehead atoms. The maximum atomic E-state index is 12.0. The number of hydrogen-bond donors (Lipinski definition) is 1. The molecule has 1 aliphatic rings. The van der Waals surface area contributed by atoms with Crippen LogP contribution in [0.5, 0.6) is 0 Å². The summed E-state index contributed by atoms with van der Waals surface area (Å²) in [7, 11) is 0. The summed E-state index contributed by atoms with van der Waals surface area (Å²) in [5, 5.41) is 5.87. The van der Waals surface area contributed by atoms with Crippen molar-refractivity contribution in [3.63, 3.8) is 0 Å². The molecule has 0 unspecified atom stereocenters. The molecule has 0 saturated carbocycles. The third kappa shape index (κ3) is 3.94. The van der Waals surface area contributed by atoms with E-state index in [1.165, 1.54) is 0 Å². The number of thiazole rings is 1. The summed E-state index contributed by atoms with van der Waals surface area (Å²) in [6.45, 7) is 4.84. The summed E-state index contributed by atoms with van der Waals surface area (Å²) in [5.74, 6) is 0.749. The minimum atomic E-state index is -0.0367. The first-order chi connectivity index (χ1) is 10.7. The molecule has 1 atom stereocenters. The number of carbonyl (C=O) groups excluding carboxylic acids is 1. The van der Waals surface area contributed by atoms with Gasteiger partial charge in [-0.25, -0.2) is 4.98 Å². The minimum absolute atomic E-state index is 0.00707. The van der Waals surface area contributed by atoms with Gasteiger partial charge in [-0.3, -0.25) is 9.69 Å². The summed E-state index contributed by atoms with van der Waals surface area (Å²) >= 11 is 1.61. The van der Waals surface area contributed by atoms with Gasteiger partial charge in [0.2, 0.25) is 5.91 Å². The Morgan fingerprint density at radius 1 is 1.59 bits per heavy atom. The maximum Gasteiger partial charge on any atom is 0.234 e. The highest BCUT2D eigenvalue weighted by Crippen LogP contribution is 2.24. The predicted octanol–water partition coefficient (Wildman–Crippen LogP) is 1.73. The van der Waals surface area contributed by atoms with E-state index in [9.17, 15) is 4.79 Å². The largest absolute Gasteiger partial charge is 0.467 e. The van der Waals surface area contributed by atoms with Gasteiger partial charge in [-0.05, 0) is 19.1 Å². The highest BCUT2D eigenvalue weighted by atomic mass is 32.1. The number of nitrogens with one attached hydrogen (secondary N) is 1. The molecule has 1 amide bonds. The molecule has 6 nitrogen and oxygen atoms in total. The lowest BCUT2D eigenvalue weighted by molar-refractivity contribution is -0.124. The average molecular weight is 321 g/mol. The Bertz CT molecular complexity index is 611. The van der Waals surface area contributed by atoms with E-state index < -0.39 is 0 Å². The van der Waals surface area contributed by atoms with Crippen LogP contribution < -0.4 is 5.32 Å². The molecule has 118 valence electrons. The first-order valence-corrected chi connectivity index (χ1v) is 8.14. The van der Waals surface area contributed by atoms with Crippen LogP contribution in [0.25, 0.3) is 0 Å². The van der Waals surface area contributed by atoms with Gasteiger partial charge in [0.15, 0.2) is 0 Å². The van der Waals surface area contributed by atoms with Crippen LogP contribution in [-0.2, 0) is 16.1 Å². The highest BCUT2D eigenvalue weighted by Gasteiger charge is 2.25. The molecule has 1 aliphatic heterocycles. The van der Waals surface area contributed by atoms with Crippen LogP contribution >= 0.6 is 11.3 Å². The van der Waals surface area contributed by atoms with Gasteiger partial charge in [-0.1, -0.05) is 0 Å². The molecule has 2 aromatic heterocycles. The normalized spacial score (nSPS) is 19.2. The minimum Gasteiger partial charge on any atom is -0.467 e. The Morgan fingerprint density at radius 3 is 3.23 bits per heavy atom. The number of amides is 1. The van der Waals surface area contributed by atoms with Crippen LogP contribution in [0, 0.1) is 6.92 Å². The Kier molecular flexibility index (Phi) is 4.87. The number of carbonyl (C=O) groups is 1. The highest BCUT2D eigenvalue weighted by molar-refractivity contribution is 7.09. The van der Waals surface area contributed by atoms with Crippen molar-refractivity contribution in [3.05, 3.63) is 40.2 Å². The molecule has 3 heterocycles. The van der Waals surface area contributed by atoms with Gasteiger partial charge in [0.1, 0.15) is 16.9 Å². The van der Waals surface area contributed by atoms with E-state index in [2.05, 4.69) is 15.2 Å². The zero-order valence-electron chi connectivity index (χ0n) is 12.4. The van der Waals surface area contributed by atoms with E-state index in [1.54, 1.807) is 17.6 Å². The smallest absolute Gasteiger partial charge is 0.234 e. The zero-order chi connectivity index (χ0) is 15.4. The van der Waals surface area contributed by atoms with Crippen molar-refractivity contribution in [2.24, 2.45) is 0 Å². The number of rotatable bonds is 5. The fourth-order valence-corrected chi connectivity index (χ4v) is 3.21. The summed E-state index contributed by atoms with van der Waals surface area (Å²) in [6, 6.07) is 3.65. The number of aromatic nitrogens is 1. The van der Waals surface area contributed by atoms with Crippen molar-refractivity contribution in [3.8, 4) is 0 Å². The van der Waals surface area contributed by atoms with Crippen LogP contribution in [0.15, 0.2) is 28.2 Å². The van der Waals surface area contributed by atoms with E-state index in [1.807, 2.05) is 24.4 Å². The number of nitrogens with zero attached hydrogens (tertiary/aromatic N) is 2. The summed E-state index contributed by atoms with van der Waals surface area (Å²) in [4.78, 5) is 18.6. The quantitative estimate of drug-likeness (QED) is 0.908. The molecule has 3 rings (SSSR count). The van der Waals surface area contributed by atoms with E-state index in [-0.39, 0.29) is 12.0 Å². The maximum absolute atomic E-state index is 12.0. The van der Waals surface area contributed by atoms with Crippen molar-refractivity contribution in [1.29, 1.82) is 0 Å². The van der Waals surface area contributed by atoms with Crippen LogP contribution in [0.1, 0.15) is 22.6 Å². The van der Waals surface area contributed by atoms with Crippen LogP contribution in [0.4, 0.5) is 0 Å². The molecule has 2 aromatic rings. The Balaban J connectivity index is 1.48. The zero-order valence-corrected chi connectivity index (χ0v) is 13.3. The fourth-order valence-electron chi connectivity index (χ4n) is 2.37. The second-order valence-electron chi connectivity index (χ2n) is 5.28. The van der Waals surface area contributed by atoms with E-state index in [4.69, 9.17) is 9.15 Å². The second-order valence-corrected chi connectivity index (χ2v) is 6.17. The molecule has 1 N–H and O–H groups in total. The molecule has 7 heteroatoms. The van der Waals surface area contributed by atoms with Gasteiger partial charge in [0, 0.05) is 24.2 Å². The van der Waals surface area contributed by atoms with Crippen LogP contribution in [0.2, 0.25) is 0 Å². The van der Waals surface area contributed by atoms with Crippen LogP contribution in [0.3, 0.4) is 0 Å². The number of hydrogen-bond acceptors (Lipinski definition) is 6. The Hall–Kier alpha value is -1.70. The van der Waals surface area contributed by atoms with E-state index >= 15 is 0 Å². The summed E-state index contributed by atoms with van der Waals surface area (Å²) in [6.07, 6.45) is 1.56. The molecule has 0 radical (unpaired) electrons. The van der Waals surface area contributed by atoms with Gasteiger partial charge >= 0.3 is 0 Å². The molecule has 1 saturated heterocycles. The number of furan rings is 1. The standard InChI is InChI=1S/C15H19N3O3S/c1-11-10-22-15(17-11)13-8-18(4-6-21-13)9-14(19)16-7-12-3-2-5-20-12/h2-3,5,10,13H,4,6-9H2,1H3,(H,16,19)/t13-/m0/s1. The van der Waals surface area contributed by atoms with Crippen molar-refractivity contribution >= 4 is 17.2 Å².